The molecule has 0 spiro atoms. The van der Waals surface area contributed by atoms with E-state index in [1.807, 2.05) is 0 Å². The highest BCUT2D eigenvalue weighted by Crippen LogP contribution is 2.27. The highest BCUT2D eigenvalue weighted by molar-refractivity contribution is 9.10. The smallest absolute Gasteiger partial charge is 0.422 e. The molecule has 0 aliphatic rings. The van der Waals surface area contributed by atoms with Crippen molar-refractivity contribution in [3.8, 4) is 5.75 Å². The molecule has 15 heavy (non-hydrogen) atoms. The van der Waals surface area contributed by atoms with Crippen molar-refractivity contribution in [3.05, 3.63) is 28.2 Å². The van der Waals surface area contributed by atoms with Crippen LogP contribution in [0.4, 0.5) is 22.0 Å². The van der Waals surface area contributed by atoms with Crippen LogP contribution in [0.2, 0.25) is 0 Å². The van der Waals surface area contributed by atoms with Gasteiger partial charge in [-0.3, -0.25) is 0 Å². The highest BCUT2D eigenvalue weighted by atomic mass is 79.9. The minimum atomic E-state index is -4.63. The molecule has 1 nitrogen and oxygen atoms in total. The Balaban J connectivity index is 2.86. The zero-order valence-electron chi connectivity index (χ0n) is 7.04. The van der Waals surface area contributed by atoms with E-state index in [-0.39, 0.29) is 4.47 Å². The molecule has 0 unspecified atom stereocenters. The molecule has 0 atom stereocenters. The summed E-state index contributed by atoms with van der Waals surface area (Å²) in [5.74, 6) is -3.41. The van der Waals surface area contributed by atoms with E-state index in [1.165, 1.54) is 0 Å². The van der Waals surface area contributed by atoms with E-state index < -0.39 is 30.2 Å². The molecule has 0 bridgehead atoms. The van der Waals surface area contributed by atoms with Gasteiger partial charge in [0.15, 0.2) is 24.0 Å². The van der Waals surface area contributed by atoms with Gasteiger partial charge in [0.05, 0.1) is 0 Å². The molecule has 0 aromatic heterocycles. The van der Waals surface area contributed by atoms with Crippen LogP contribution in [-0.4, -0.2) is 12.8 Å². The van der Waals surface area contributed by atoms with Crippen molar-refractivity contribution in [1.82, 2.24) is 0 Å². The normalized spacial score (nSPS) is 11.6. The summed E-state index contributed by atoms with van der Waals surface area (Å²) in [6, 6.07) is 1.63. The molecule has 0 amide bonds. The molecule has 84 valence electrons. The summed E-state index contributed by atoms with van der Waals surface area (Å²) in [4.78, 5) is 0. The van der Waals surface area contributed by atoms with Gasteiger partial charge in [-0.2, -0.15) is 13.2 Å². The SMILES string of the molecule is Fc1cc(Br)cc(F)c1OCC(F)(F)F. The van der Waals surface area contributed by atoms with Crippen molar-refractivity contribution in [2.24, 2.45) is 0 Å². The van der Waals surface area contributed by atoms with Crippen LogP contribution in [-0.2, 0) is 0 Å². The van der Waals surface area contributed by atoms with Gasteiger partial charge in [-0.15, -0.1) is 0 Å². The Hall–Kier alpha value is -0.850. The predicted molar refractivity (Wildman–Crippen MR) is 45.6 cm³/mol. The Kier molecular flexibility index (Phi) is 3.54. The molecule has 7 heteroatoms. The maximum absolute atomic E-state index is 12.9. The summed E-state index contributed by atoms with van der Waals surface area (Å²) in [6.45, 7) is -1.73. The van der Waals surface area contributed by atoms with Crippen molar-refractivity contribution in [1.29, 1.82) is 0 Å². The Morgan fingerprint density at radius 1 is 1.13 bits per heavy atom. The van der Waals surface area contributed by atoms with Gasteiger partial charge < -0.3 is 4.74 Å². The van der Waals surface area contributed by atoms with Gasteiger partial charge >= 0.3 is 6.18 Å². The van der Waals surface area contributed by atoms with Gasteiger partial charge in [-0.1, -0.05) is 15.9 Å². The van der Waals surface area contributed by atoms with E-state index in [1.54, 1.807) is 0 Å². The Morgan fingerprint density at radius 2 is 1.60 bits per heavy atom. The summed E-state index contributed by atoms with van der Waals surface area (Å²) < 4.78 is 65.0. The predicted octanol–water partition coefficient (Wildman–Crippen LogP) is 3.67. The standard InChI is InChI=1S/C8H4BrF5O/c9-4-1-5(10)7(6(11)2-4)15-3-8(12,13)14/h1-2H,3H2. The fourth-order valence-corrected chi connectivity index (χ4v) is 1.22. The molecule has 0 aliphatic carbocycles. The second-order valence-corrected chi connectivity index (χ2v) is 3.52. The summed E-state index contributed by atoms with van der Waals surface area (Å²) in [6.07, 6.45) is -4.63. The number of hydrogen-bond acceptors (Lipinski definition) is 1. The third-order valence-corrected chi connectivity index (χ3v) is 1.80. The van der Waals surface area contributed by atoms with Gasteiger partial charge in [-0.05, 0) is 12.1 Å². The molecule has 0 fully saturated rings. The first-order valence-electron chi connectivity index (χ1n) is 3.63. The number of hydrogen-bond donors (Lipinski definition) is 0. The molecule has 1 aromatic rings. The molecular formula is C8H4BrF5O. The largest absolute Gasteiger partial charge is 0.478 e. The van der Waals surface area contributed by atoms with Gasteiger partial charge in [0, 0.05) is 4.47 Å². The summed E-state index contributed by atoms with van der Waals surface area (Å²) >= 11 is 2.78. The number of rotatable bonds is 2. The van der Waals surface area contributed by atoms with Crippen LogP contribution < -0.4 is 4.74 Å². The van der Waals surface area contributed by atoms with Crippen LogP contribution in [0, 0.1) is 11.6 Å². The Labute approximate surface area is 90.0 Å². The number of alkyl halides is 3. The number of ether oxygens (including phenoxy) is 1. The zero-order valence-corrected chi connectivity index (χ0v) is 8.62. The van der Waals surface area contributed by atoms with Gasteiger partial charge in [-0.25, -0.2) is 8.78 Å². The third-order valence-electron chi connectivity index (χ3n) is 1.34. The van der Waals surface area contributed by atoms with Crippen LogP contribution in [0.3, 0.4) is 0 Å². The fraction of sp³-hybridized carbons (Fsp3) is 0.250. The van der Waals surface area contributed by atoms with E-state index in [0.717, 1.165) is 12.1 Å². The minimum Gasteiger partial charge on any atom is -0.478 e. The Bertz CT molecular complexity index is 340. The second-order valence-electron chi connectivity index (χ2n) is 2.60. The van der Waals surface area contributed by atoms with E-state index >= 15 is 0 Å². The average molecular weight is 291 g/mol. The first-order valence-corrected chi connectivity index (χ1v) is 4.43. The third kappa shape index (κ3) is 3.65. The monoisotopic (exact) mass is 290 g/mol. The van der Waals surface area contributed by atoms with Gasteiger partial charge in [0.25, 0.3) is 0 Å². The van der Waals surface area contributed by atoms with Crippen molar-refractivity contribution in [3.63, 3.8) is 0 Å². The van der Waals surface area contributed by atoms with Crippen molar-refractivity contribution in [2.75, 3.05) is 6.61 Å². The molecule has 1 aromatic carbocycles. The lowest BCUT2D eigenvalue weighted by Gasteiger charge is -2.10. The van der Waals surface area contributed by atoms with Crippen molar-refractivity contribution < 1.29 is 26.7 Å². The lowest BCUT2D eigenvalue weighted by molar-refractivity contribution is -0.154. The minimum absolute atomic E-state index is 0.0804. The van der Waals surface area contributed by atoms with Crippen LogP contribution >= 0.6 is 15.9 Å². The molecule has 1 rings (SSSR count). The van der Waals surface area contributed by atoms with Gasteiger partial charge in [0.1, 0.15) is 0 Å². The highest BCUT2D eigenvalue weighted by Gasteiger charge is 2.29. The molecule has 0 N–H and O–H groups in total. The van der Waals surface area contributed by atoms with E-state index in [2.05, 4.69) is 20.7 Å². The van der Waals surface area contributed by atoms with Crippen molar-refractivity contribution in [2.45, 2.75) is 6.18 Å². The maximum Gasteiger partial charge on any atom is 0.422 e. The number of halogens is 6. The second kappa shape index (κ2) is 4.34. The molecule has 0 heterocycles. The van der Waals surface area contributed by atoms with E-state index in [0.29, 0.717) is 0 Å². The van der Waals surface area contributed by atoms with E-state index in [4.69, 9.17) is 0 Å². The lowest BCUT2D eigenvalue weighted by Crippen LogP contribution is -2.20. The maximum atomic E-state index is 12.9. The van der Waals surface area contributed by atoms with Crippen LogP contribution in [0.15, 0.2) is 16.6 Å². The van der Waals surface area contributed by atoms with Gasteiger partial charge in [0.2, 0.25) is 0 Å². The average Bonchev–Trinajstić information content (AvgIpc) is 1.99. The molecule has 0 aliphatic heterocycles. The first-order chi connectivity index (χ1) is 6.79. The van der Waals surface area contributed by atoms with Crippen molar-refractivity contribution >= 4 is 15.9 Å². The fourth-order valence-electron chi connectivity index (χ4n) is 0.821. The summed E-state index contributed by atoms with van der Waals surface area (Å²) in [5, 5.41) is 0. The van der Waals surface area contributed by atoms with E-state index in [9.17, 15) is 22.0 Å². The van der Waals surface area contributed by atoms with Crippen LogP contribution in [0.5, 0.6) is 5.75 Å². The zero-order chi connectivity index (χ0) is 11.6. The van der Waals surface area contributed by atoms with Crippen LogP contribution in [0.1, 0.15) is 0 Å². The topological polar surface area (TPSA) is 9.23 Å². The number of benzene rings is 1. The lowest BCUT2D eigenvalue weighted by atomic mass is 10.3. The molecular weight excluding hydrogens is 287 g/mol. The Morgan fingerprint density at radius 3 is 2.00 bits per heavy atom. The summed E-state index contributed by atoms with van der Waals surface area (Å²) in [5.41, 5.74) is 0. The van der Waals surface area contributed by atoms with Crippen LogP contribution in [0.25, 0.3) is 0 Å². The molecule has 0 saturated carbocycles. The molecule has 0 saturated heterocycles. The quantitative estimate of drug-likeness (QED) is 0.755. The first kappa shape index (κ1) is 12.2. The molecule has 0 radical (unpaired) electrons. The summed E-state index contributed by atoms with van der Waals surface area (Å²) in [7, 11) is 0.